The number of amides is 1. The highest BCUT2D eigenvalue weighted by Crippen LogP contribution is 2.14. The van der Waals surface area contributed by atoms with Gasteiger partial charge in [-0.05, 0) is 43.3 Å². The number of nitrogens with one attached hydrogen (secondary N) is 1. The summed E-state index contributed by atoms with van der Waals surface area (Å²) >= 11 is 5.82. The second-order valence-corrected chi connectivity index (χ2v) is 5.64. The molecule has 0 fully saturated rings. The SMILES string of the molecule is Cc1cc(=O)c(C(=O)Nc2ccc(Cl)cc2)nn1-c1ccccc1. The van der Waals surface area contributed by atoms with E-state index in [1.165, 1.54) is 6.07 Å². The van der Waals surface area contributed by atoms with Crippen molar-refractivity contribution in [1.29, 1.82) is 0 Å². The lowest BCUT2D eigenvalue weighted by Gasteiger charge is -2.11. The van der Waals surface area contributed by atoms with Gasteiger partial charge in [-0.15, -0.1) is 0 Å². The zero-order chi connectivity index (χ0) is 17.1. The van der Waals surface area contributed by atoms with E-state index in [2.05, 4.69) is 10.4 Å². The zero-order valence-electron chi connectivity index (χ0n) is 12.9. The van der Waals surface area contributed by atoms with E-state index in [0.29, 0.717) is 16.4 Å². The third-order valence-corrected chi connectivity index (χ3v) is 3.68. The number of hydrogen-bond donors (Lipinski definition) is 1. The van der Waals surface area contributed by atoms with Gasteiger partial charge in [0, 0.05) is 22.5 Å². The van der Waals surface area contributed by atoms with E-state index in [0.717, 1.165) is 5.69 Å². The maximum atomic E-state index is 12.4. The van der Waals surface area contributed by atoms with Gasteiger partial charge in [-0.3, -0.25) is 9.59 Å². The molecule has 0 bridgehead atoms. The molecule has 1 heterocycles. The Hall–Kier alpha value is -2.92. The number of carbonyl (C=O) groups is 1. The van der Waals surface area contributed by atoms with Gasteiger partial charge in [0.15, 0.2) is 5.69 Å². The molecule has 0 saturated carbocycles. The second kappa shape index (κ2) is 6.68. The van der Waals surface area contributed by atoms with Crippen molar-refractivity contribution >= 4 is 23.2 Å². The summed E-state index contributed by atoms with van der Waals surface area (Å²) in [7, 11) is 0. The molecule has 1 N–H and O–H groups in total. The van der Waals surface area contributed by atoms with Crippen molar-refractivity contribution < 1.29 is 4.79 Å². The van der Waals surface area contributed by atoms with E-state index in [9.17, 15) is 9.59 Å². The molecule has 6 heteroatoms. The summed E-state index contributed by atoms with van der Waals surface area (Å²) in [6, 6.07) is 17.3. The molecule has 0 radical (unpaired) electrons. The van der Waals surface area contributed by atoms with Gasteiger partial charge in [-0.1, -0.05) is 29.8 Å². The van der Waals surface area contributed by atoms with E-state index in [1.54, 1.807) is 35.9 Å². The molecule has 24 heavy (non-hydrogen) atoms. The predicted octanol–water partition coefficient (Wildman–Crippen LogP) is 3.45. The molecular weight excluding hydrogens is 326 g/mol. The van der Waals surface area contributed by atoms with E-state index >= 15 is 0 Å². The number of benzene rings is 2. The maximum Gasteiger partial charge on any atom is 0.280 e. The Morgan fingerprint density at radius 2 is 1.75 bits per heavy atom. The first-order valence-corrected chi connectivity index (χ1v) is 7.66. The minimum atomic E-state index is -0.563. The number of nitrogens with zero attached hydrogens (tertiary/aromatic N) is 2. The lowest BCUT2D eigenvalue weighted by molar-refractivity contribution is 0.101. The Morgan fingerprint density at radius 1 is 1.08 bits per heavy atom. The smallest absolute Gasteiger partial charge is 0.280 e. The van der Waals surface area contributed by atoms with Crippen LogP contribution in [0.2, 0.25) is 5.02 Å². The lowest BCUT2D eigenvalue weighted by Crippen LogP contribution is -2.26. The fraction of sp³-hybridized carbons (Fsp3) is 0.0556. The molecule has 0 aliphatic rings. The molecule has 0 aliphatic carbocycles. The lowest BCUT2D eigenvalue weighted by atomic mass is 10.2. The normalized spacial score (nSPS) is 10.4. The highest BCUT2D eigenvalue weighted by molar-refractivity contribution is 6.30. The summed E-state index contributed by atoms with van der Waals surface area (Å²) < 4.78 is 1.57. The highest BCUT2D eigenvalue weighted by Gasteiger charge is 2.15. The molecule has 1 amide bonds. The average Bonchev–Trinajstić information content (AvgIpc) is 2.58. The third kappa shape index (κ3) is 3.36. The molecule has 2 aromatic carbocycles. The summed E-state index contributed by atoms with van der Waals surface area (Å²) in [6.07, 6.45) is 0. The van der Waals surface area contributed by atoms with Crippen molar-refractivity contribution in [1.82, 2.24) is 9.78 Å². The van der Waals surface area contributed by atoms with Crippen LogP contribution in [0, 0.1) is 6.92 Å². The van der Waals surface area contributed by atoms with Gasteiger partial charge >= 0.3 is 0 Å². The number of aromatic nitrogens is 2. The number of carbonyl (C=O) groups excluding carboxylic acids is 1. The monoisotopic (exact) mass is 339 g/mol. The van der Waals surface area contributed by atoms with Crippen LogP contribution in [-0.2, 0) is 0 Å². The van der Waals surface area contributed by atoms with E-state index in [4.69, 9.17) is 11.6 Å². The summed E-state index contributed by atoms with van der Waals surface area (Å²) in [6.45, 7) is 1.77. The Morgan fingerprint density at radius 3 is 2.42 bits per heavy atom. The Bertz CT molecular complexity index is 935. The molecular formula is C18H14ClN3O2. The highest BCUT2D eigenvalue weighted by atomic mass is 35.5. The van der Waals surface area contributed by atoms with Gasteiger partial charge < -0.3 is 5.32 Å². The van der Waals surface area contributed by atoms with Crippen molar-refractivity contribution in [2.24, 2.45) is 0 Å². The van der Waals surface area contributed by atoms with Crippen LogP contribution in [0.25, 0.3) is 5.69 Å². The average molecular weight is 340 g/mol. The Balaban J connectivity index is 1.97. The van der Waals surface area contributed by atoms with Gasteiger partial charge in [-0.25, -0.2) is 4.68 Å². The number of para-hydroxylation sites is 1. The first kappa shape index (κ1) is 16.0. The topological polar surface area (TPSA) is 64.0 Å². The molecule has 3 aromatic rings. The fourth-order valence-corrected chi connectivity index (χ4v) is 2.38. The summed E-state index contributed by atoms with van der Waals surface area (Å²) in [5.74, 6) is -0.563. The van der Waals surface area contributed by atoms with Gasteiger partial charge in [-0.2, -0.15) is 5.10 Å². The molecule has 0 saturated heterocycles. The van der Waals surface area contributed by atoms with E-state index < -0.39 is 11.3 Å². The predicted molar refractivity (Wildman–Crippen MR) is 94.0 cm³/mol. The van der Waals surface area contributed by atoms with Crippen LogP contribution >= 0.6 is 11.6 Å². The van der Waals surface area contributed by atoms with Gasteiger partial charge in [0.25, 0.3) is 5.91 Å². The minimum absolute atomic E-state index is 0.167. The van der Waals surface area contributed by atoms with Crippen LogP contribution in [0.5, 0.6) is 0 Å². The van der Waals surface area contributed by atoms with Crippen LogP contribution in [0.1, 0.15) is 16.2 Å². The van der Waals surface area contributed by atoms with E-state index in [-0.39, 0.29) is 5.69 Å². The number of anilines is 1. The molecule has 3 rings (SSSR count). The standard InChI is InChI=1S/C18H14ClN3O2/c1-12-11-16(23)17(21-22(12)15-5-3-2-4-6-15)18(24)20-14-9-7-13(19)8-10-14/h2-11H,1H3,(H,20,24). The summed E-state index contributed by atoms with van der Waals surface area (Å²) in [4.78, 5) is 24.5. The second-order valence-electron chi connectivity index (χ2n) is 5.21. The molecule has 5 nitrogen and oxygen atoms in total. The van der Waals surface area contributed by atoms with Crippen LogP contribution in [0.15, 0.2) is 65.5 Å². The maximum absolute atomic E-state index is 12.4. The van der Waals surface area contributed by atoms with Crippen LogP contribution in [0.4, 0.5) is 5.69 Å². The number of hydrogen-bond acceptors (Lipinski definition) is 3. The zero-order valence-corrected chi connectivity index (χ0v) is 13.6. The van der Waals surface area contributed by atoms with Crippen molar-refractivity contribution in [3.8, 4) is 5.69 Å². The van der Waals surface area contributed by atoms with Crippen molar-refractivity contribution in [3.63, 3.8) is 0 Å². The number of rotatable bonds is 3. The van der Waals surface area contributed by atoms with Crippen LogP contribution < -0.4 is 10.7 Å². The first-order chi connectivity index (χ1) is 11.5. The van der Waals surface area contributed by atoms with Crippen molar-refractivity contribution in [3.05, 3.63) is 87.3 Å². The van der Waals surface area contributed by atoms with E-state index in [1.807, 2.05) is 30.3 Å². The van der Waals surface area contributed by atoms with Gasteiger partial charge in [0.05, 0.1) is 5.69 Å². The van der Waals surface area contributed by atoms with Crippen molar-refractivity contribution in [2.45, 2.75) is 6.92 Å². The van der Waals surface area contributed by atoms with Crippen LogP contribution in [0.3, 0.4) is 0 Å². The molecule has 0 aliphatic heterocycles. The summed E-state index contributed by atoms with van der Waals surface area (Å²) in [5.41, 5.74) is 1.37. The molecule has 0 atom stereocenters. The number of aryl methyl sites for hydroxylation is 1. The van der Waals surface area contributed by atoms with Gasteiger partial charge in [0.1, 0.15) is 0 Å². The number of halogens is 1. The third-order valence-electron chi connectivity index (χ3n) is 3.43. The van der Waals surface area contributed by atoms with Crippen LogP contribution in [-0.4, -0.2) is 15.7 Å². The Kier molecular flexibility index (Phi) is 4.44. The quantitative estimate of drug-likeness (QED) is 0.795. The molecule has 0 unspecified atom stereocenters. The minimum Gasteiger partial charge on any atom is -0.320 e. The van der Waals surface area contributed by atoms with Crippen molar-refractivity contribution in [2.75, 3.05) is 5.32 Å². The van der Waals surface area contributed by atoms with Gasteiger partial charge in [0.2, 0.25) is 5.43 Å². The fourth-order valence-electron chi connectivity index (χ4n) is 2.26. The first-order valence-electron chi connectivity index (χ1n) is 7.28. The molecule has 1 aromatic heterocycles. The largest absolute Gasteiger partial charge is 0.320 e. The Labute approximate surface area is 143 Å². The molecule has 120 valence electrons. The summed E-state index contributed by atoms with van der Waals surface area (Å²) in [5, 5.41) is 7.44. The molecule has 0 spiro atoms.